The van der Waals surface area contributed by atoms with Gasteiger partial charge in [0.25, 0.3) is 0 Å². The van der Waals surface area contributed by atoms with E-state index in [9.17, 15) is 13.2 Å². The summed E-state index contributed by atoms with van der Waals surface area (Å²) in [6, 6.07) is 7.15. The number of hydrogen-bond acceptors (Lipinski definition) is 4. The zero-order chi connectivity index (χ0) is 13.9. The Balaban J connectivity index is 2.30. The Labute approximate surface area is 106 Å². The smallest absolute Gasteiger partial charge is 0.406 e. The zero-order valence-electron chi connectivity index (χ0n) is 9.35. The highest BCUT2D eigenvalue weighted by molar-refractivity contribution is 5.57. The van der Waals surface area contributed by atoms with Crippen molar-refractivity contribution in [1.29, 1.82) is 5.26 Å². The van der Waals surface area contributed by atoms with Crippen LogP contribution in [0, 0.1) is 11.3 Å². The van der Waals surface area contributed by atoms with E-state index >= 15 is 0 Å². The van der Waals surface area contributed by atoms with Gasteiger partial charge in [0.1, 0.15) is 11.8 Å². The van der Waals surface area contributed by atoms with Crippen LogP contribution in [0.1, 0.15) is 5.56 Å². The van der Waals surface area contributed by atoms with Gasteiger partial charge in [-0.3, -0.25) is 0 Å². The first-order chi connectivity index (χ1) is 8.98. The average molecular weight is 265 g/mol. The van der Waals surface area contributed by atoms with Crippen LogP contribution in [0.15, 0.2) is 36.7 Å². The fourth-order valence-electron chi connectivity index (χ4n) is 1.37. The van der Waals surface area contributed by atoms with Crippen LogP contribution in [0.25, 0.3) is 11.4 Å². The molecule has 0 unspecified atom stereocenters. The number of aromatic nitrogens is 2. The third-order valence-corrected chi connectivity index (χ3v) is 2.11. The summed E-state index contributed by atoms with van der Waals surface area (Å²) in [6.45, 7) is 0. The van der Waals surface area contributed by atoms with Crippen molar-refractivity contribution in [1.82, 2.24) is 9.97 Å². The minimum Gasteiger partial charge on any atom is -0.406 e. The third kappa shape index (κ3) is 3.42. The molecule has 19 heavy (non-hydrogen) atoms. The van der Waals surface area contributed by atoms with Crippen molar-refractivity contribution >= 4 is 0 Å². The quantitative estimate of drug-likeness (QED) is 0.837. The molecule has 1 aromatic carbocycles. The highest BCUT2D eigenvalue weighted by Gasteiger charge is 2.31. The molecule has 0 atom stereocenters. The third-order valence-electron chi connectivity index (χ3n) is 2.11. The number of ether oxygens (including phenoxy) is 1. The molecule has 0 amide bonds. The molecule has 0 N–H and O–H groups in total. The van der Waals surface area contributed by atoms with Crippen LogP contribution < -0.4 is 4.74 Å². The molecule has 0 aliphatic carbocycles. The first-order valence-corrected chi connectivity index (χ1v) is 5.06. The molecule has 1 aromatic heterocycles. The molecular weight excluding hydrogens is 259 g/mol. The Morgan fingerprint density at radius 1 is 1.16 bits per heavy atom. The molecule has 0 radical (unpaired) electrons. The lowest BCUT2D eigenvalue weighted by atomic mass is 10.2. The van der Waals surface area contributed by atoms with E-state index in [2.05, 4.69) is 14.7 Å². The molecule has 0 spiro atoms. The van der Waals surface area contributed by atoms with Crippen molar-refractivity contribution < 1.29 is 17.9 Å². The average Bonchev–Trinajstić information content (AvgIpc) is 2.37. The summed E-state index contributed by atoms with van der Waals surface area (Å²) >= 11 is 0. The summed E-state index contributed by atoms with van der Waals surface area (Å²) in [5.74, 6) is -0.135. The van der Waals surface area contributed by atoms with Crippen LogP contribution in [0.2, 0.25) is 0 Å². The number of nitriles is 1. The van der Waals surface area contributed by atoms with E-state index in [1.807, 2.05) is 6.07 Å². The molecule has 0 saturated carbocycles. The van der Waals surface area contributed by atoms with Crippen molar-refractivity contribution in [2.45, 2.75) is 6.36 Å². The van der Waals surface area contributed by atoms with Gasteiger partial charge in [0.15, 0.2) is 5.82 Å². The molecule has 0 aliphatic heterocycles. The van der Waals surface area contributed by atoms with Gasteiger partial charge in [-0.05, 0) is 12.1 Å². The van der Waals surface area contributed by atoms with Crippen LogP contribution in [-0.4, -0.2) is 16.3 Å². The Morgan fingerprint density at radius 3 is 2.42 bits per heavy atom. The largest absolute Gasteiger partial charge is 0.573 e. The van der Waals surface area contributed by atoms with E-state index in [1.165, 1.54) is 30.6 Å². The van der Waals surface area contributed by atoms with Gasteiger partial charge >= 0.3 is 6.36 Å². The number of halogens is 3. The predicted molar refractivity (Wildman–Crippen MR) is 58.9 cm³/mol. The van der Waals surface area contributed by atoms with Gasteiger partial charge in [-0.15, -0.1) is 13.2 Å². The Bertz CT molecular complexity index is 617. The van der Waals surface area contributed by atoms with Crippen molar-refractivity contribution in [3.05, 3.63) is 42.2 Å². The summed E-state index contributed by atoms with van der Waals surface area (Å²) in [5.41, 5.74) is 0.637. The van der Waals surface area contributed by atoms with Crippen LogP contribution in [0.4, 0.5) is 13.2 Å². The molecule has 0 fully saturated rings. The lowest BCUT2D eigenvalue weighted by Crippen LogP contribution is -2.17. The maximum atomic E-state index is 12.1. The summed E-state index contributed by atoms with van der Waals surface area (Å²) in [4.78, 5) is 7.77. The summed E-state index contributed by atoms with van der Waals surface area (Å²) in [6.07, 6.45) is -2.16. The number of benzene rings is 1. The Kier molecular flexibility index (Phi) is 3.33. The molecule has 0 aliphatic rings. The molecule has 7 heteroatoms. The molecule has 2 rings (SSSR count). The molecule has 4 nitrogen and oxygen atoms in total. The van der Waals surface area contributed by atoms with E-state index in [0.29, 0.717) is 5.56 Å². The highest BCUT2D eigenvalue weighted by atomic mass is 19.4. The standard InChI is InChI=1S/C12H6F3N3O/c13-12(14,15)19-10-3-1-2-9(4-10)11-17-6-8(5-16)7-18-11/h1-4,6-7H. The Hall–Kier alpha value is -2.62. The second-order valence-electron chi connectivity index (χ2n) is 3.48. The first-order valence-electron chi connectivity index (χ1n) is 5.06. The summed E-state index contributed by atoms with van der Waals surface area (Å²) in [7, 11) is 0. The Morgan fingerprint density at radius 2 is 1.84 bits per heavy atom. The summed E-state index contributed by atoms with van der Waals surface area (Å²) in [5, 5.41) is 8.60. The molecule has 0 saturated heterocycles. The topological polar surface area (TPSA) is 58.8 Å². The number of hydrogen-bond donors (Lipinski definition) is 0. The lowest BCUT2D eigenvalue weighted by Gasteiger charge is -2.09. The highest BCUT2D eigenvalue weighted by Crippen LogP contribution is 2.26. The fraction of sp³-hybridized carbons (Fsp3) is 0.0833. The molecular formula is C12H6F3N3O. The molecule has 1 heterocycles. The van der Waals surface area contributed by atoms with Crippen molar-refractivity contribution in [3.63, 3.8) is 0 Å². The second-order valence-corrected chi connectivity index (χ2v) is 3.48. The predicted octanol–water partition coefficient (Wildman–Crippen LogP) is 2.91. The van der Waals surface area contributed by atoms with Crippen LogP contribution in [0.3, 0.4) is 0 Å². The molecule has 0 bridgehead atoms. The lowest BCUT2D eigenvalue weighted by molar-refractivity contribution is -0.274. The minimum absolute atomic E-state index is 0.214. The van der Waals surface area contributed by atoms with Crippen LogP contribution in [0.5, 0.6) is 5.75 Å². The SMILES string of the molecule is N#Cc1cnc(-c2cccc(OC(F)(F)F)c2)nc1. The maximum Gasteiger partial charge on any atom is 0.573 e. The van der Waals surface area contributed by atoms with Crippen molar-refractivity contribution in [2.24, 2.45) is 0 Å². The second kappa shape index (κ2) is 4.94. The van der Waals surface area contributed by atoms with Gasteiger partial charge in [0.2, 0.25) is 0 Å². The number of nitrogens with zero attached hydrogens (tertiary/aromatic N) is 3. The van der Waals surface area contributed by atoms with Gasteiger partial charge in [-0.25, -0.2) is 9.97 Å². The first kappa shape index (κ1) is 12.8. The molecule has 96 valence electrons. The van der Waals surface area contributed by atoms with Crippen molar-refractivity contribution in [2.75, 3.05) is 0 Å². The normalized spacial score (nSPS) is 10.8. The van der Waals surface area contributed by atoms with Gasteiger partial charge in [-0.2, -0.15) is 5.26 Å². The minimum atomic E-state index is -4.75. The van der Waals surface area contributed by atoms with Gasteiger partial charge in [-0.1, -0.05) is 12.1 Å². The summed E-state index contributed by atoms with van der Waals surface area (Å²) < 4.78 is 40.1. The van der Waals surface area contributed by atoms with Crippen molar-refractivity contribution in [3.8, 4) is 23.2 Å². The van der Waals surface area contributed by atoms with Crippen LogP contribution in [-0.2, 0) is 0 Å². The van der Waals surface area contributed by atoms with E-state index < -0.39 is 6.36 Å². The number of rotatable bonds is 2. The molecule has 2 aromatic rings. The van der Waals surface area contributed by atoms with E-state index in [4.69, 9.17) is 5.26 Å². The van der Waals surface area contributed by atoms with Crippen LogP contribution >= 0.6 is 0 Å². The fourth-order valence-corrected chi connectivity index (χ4v) is 1.37. The number of alkyl halides is 3. The van der Waals surface area contributed by atoms with Gasteiger partial charge < -0.3 is 4.74 Å². The van der Waals surface area contributed by atoms with E-state index in [0.717, 1.165) is 0 Å². The van der Waals surface area contributed by atoms with Gasteiger partial charge in [0, 0.05) is 18.0 Å². The maximum absolute atomic E-state index is 12.1. The van der Waals surface area contributed by atoms with E-state index in [1.54, 1.807) is 6.07 Å². The zero-order valence-corrected chi connectivity index (χ0v) is 9.35. The van der Waals surface area contributed by atoms with Gasteiger partial charge in [0.05, 0.1) is 5.56 Å². The van der Waals surface area contributed by atoms with E-state index in [-0.39, 0.29) is 17.1 Å². The monoisotopic (exact) mass is 265 g/mol.